The Bertz CT molecular complexity index is 290. The van der Waals surface area contributed by atoms with Gasteiger partial charge in [0.2, 0.25) is 0 Å². The van der Waals surface area contributed by atoms with Crippen LogP contribution in [0.3, 0.4) is 0 Å². The average Bonchev–Trinajstić information content (AvgIpc) is 2.71. The van der Waals surface area contributed by atoms with Crippen molar-refractivity contribution in [3.63, 3.8) is 0 Å². The molecule has 13 heavy (non-hydrogen) atoms. The molecule has 1 saturated heterocycles. The zero-order valence-electron chi connectivity index (χ0n) is 7.75. The first kappa shape index (κ1) is 8.56. The summed E-state index contributed by atoms with van der Waals surface area (Å²) >= 11 is 0. The molecule has 1 aliphatic rings. The Morgan fingerprint density at radius 1 is 1.62 bits per heavy atom. The lowest BCUT2D eigenvalue weighted by Crippen LogP contribution is -1.99. The summed E-state index contributed by atoms with van der Waals surface area (Å²) in [5.74, 6) is 0.865. The highest BCUT2D eigenvalue weighted by atomic mass is 16.5. The van der Waals surface area contributed by atoms with Crippen molar-refractivity contribution in [3.05, 3.63) is 11.5 Å². The van der Waals surface area contributed by atoms with E-state index < -0.39 is 0 Å². The number of ether oxygens (including phenoxy) is 1. The first-order valence-corrected chi connectivity index (χ1v) is 4.68. The SMILES string of the molecule is CCc1oc(N)nc1C1CCCO1. The van der Waals surface area contributed by atoms with Gasteiger partial charge in [0, 0.05) is 13.0 Å². The molecule has 0 radical (unpaired) electrons. The summed E-state index contributed by atoms with van der Waals surface area (Å²) in [4.78, 5) is 4.15. The van der Waals surface area contributed by atoms with Gasteiger partial charge >= 0.3 is 0 Å². The van der Waals surface area contributed by atoms with Gasteiger partial charge in [-0.3, -0.25) is 0 Å². The van der Waals surface area contributed by atoms with Crippen LogP contribution in [0.4, 0.5) is 6.01 Å². The Balaban J connectivity index is 2.26. The van der Waals surface area contributed by atoms with E-state index in [9.17, 15) is 0 Å². The molecule has 4 heteroatoms. The molecule has 1 fully saturated rings. The van der Waals surface area contributed by atoms with Crippen LogP contribution in [0.15, 0.2) is 4.42 Å². The molecule has 4 nitrogen and oxygen atoms in total. The van der Waals surface area contributed by atoms with Crippen LogP contribution < -0.4 is 5.73 Å². The number of nitrogens with two attached hydrogens (primary N) is 1. The Labute approximate surface area is 77.1 Å². The van der Waals surface area contributed by atoms with Gasteiger partial charge in [-0.15, -0.1) is 0 Å². The monoisotopic (exact) mass is 182 g/mol. The smallest absolute Gasteiger partial charge is 0.292 e. The fourth-order valence-corrected chi connectivity index (χ4v) is 1.68. The fourth-order valence-electron chi connectivity index (χ4n) is 1.68. The van der Waals surface area contributed by atoms with E-state index >= 15 is 0 Å². The van der Waals surface area contributed by atoms with Crippen molar-refractivity contribution in [1.82, 2.24) is 4.98 Å². The summed E-state index contributed by atoms with van der Waals surface area (Å²) < 4.78 is 10.8. The predicted molar refractivity (Wildman–Crippen MR) is 48.2 cm³/mol. The summed E-state index contributed by atoms with van der Waals surface area (Å²) in [6.45, 7) is 2.85. The molecular weight excluding hydrogens is 168 g/mol. The molecule has 0 aromatic carbocycles. The average molecular weight is 182 g/mol. The van der Waals surface area contributed by atoms with Gasteiger partial charge in [0.15, 0.2) is 0 Å². The minimum Gasteiger partial charge on any atom is -0.429 e. The number of nitrogens with zero attached hydrogens (tertiary/aromatic N) is 1. The number of nitrogen functional groups attached to an aromatic ring is 1. The fraction of sp³-hybridized carbons (Fsp3) is 0.667. The normalized spacial score (nSPS) is 22.4. The third-order valence-corrected chi connectivity index (χ3v) is 2.30. The highest BCUT2D eigenvalue weighted by Gasteiger charge is 2.24. The van der Waals surface area contributed by atoms with E-state index in [0.717, 1.165) is 37.3 Å². The molecule has 1 aliphatic heterocycles. The molecule has 0 spiro atoms. The molecule has 1 atom stereocenters. The number of anilines is 1. The van der Waals surface area contributed by atoms with E-state index in [0.29, 0.717) is 0 Å². The first-order chi connectivity index (χ1) is 6.31. The lowest BCUT2D eigenvalue weighted by molar-refractivity contribution is 0.107. The van der Waals surface area contributed by atoms with E-state index in [4.69, 9.17) is 14.9 Å². The zero-order valence-corrected chi connectivity index (χ0v) is 7.75. The Morgan fingerprint density at radius 2 is 2.46 bits per heavy atom. The van der Waals surface area contributed by atoms with Crippen LogP contribution in [0.2, 0.25) is 0 Å². The maximum absolute atomic E-state index is 5.52. The van der Waals surface area contributed by atoms with E-state index in [2.05, 4.69) is 4.98 Å². The molecule has 2 N–H and O–H groups in total. The second-order valence-corrected chi connectivity index (χ2v) is 3.22. The van der Waals surface area contributed by atoms with Crippen molar-refractivity contribution in [2.75, 3.05) is 12.3 Å². The van der Waals surface area contributed by atoms with Crippen LogP contribution in [0, 0.1) is 0 Å². The molecule has 0 saturated carbocycles. The number of rotatable bonds is 2. The Morgan fingerprint density at radius 3 is 3.08 bits per heavy atom. The van der Waals surface area contributed by atoms with Crippen molar-refractivity contribution >= 4 is 6.01 Å². The van der Waals surface area contributed by atoms with Crippen molar-refractivity contribution in [1.29, 1.82) is 0 Å². The summed E-state index contributed by atoms with van der Waals surface area (Å²) in [5, 5.41) is 0. The molecule has 0 bridgehead atoms. The largest absolute Gasteiger partial charge is 0.429 e. The second-order valence-electron chi connectivity index (χ2n) is 3.22. The highest BCUT2D eigenvalue weighted by molar-refractivity contribution is 5.22. The third-order valence-electron chi connectivity index (χ3n) is 2.30. The van der Waals surface area contributed by atoms with Gasteiger partial charge < -0.3 is 14.9 Å². The Kier molecular flexibility index (Phi) is 2.22. The van der Waals surface area contributed by atoms with Crippen LogP contribution in [0.25, 0.3) is 0 Å². The molecule has 1 aromatic heterocycles. The molecule has 2 rings (SSSR count). The molecule has 72 valence electrons. The maximum Gasteiger partial charge on any atom is 0.292 e. The third kappa shape index (κ3) is 1.54. The van der Waals surface area contributed by atoms with Gasteiger partial charge in [-0.05, 0) is 12.8 Å². The van der Waals surface area contributed by atoms with Crippen LogP contribution >= 0.6 is 0 Å². The van der Waals surface area contributed by atoms with Crippen LogP contribution in [-0.2, 0) is 11.2 Å². The molecular formula is C9H14N2O2. The van der Waals surface area contributed by atoms with E-state index in [1.54, 1.807) is 0 Å². The summed E-state index contributed by atoms with van der Waals surface area (Å²) in [5.41, 5.74) is 6.39. The summed E-state index contributed by atoms with van der Waals surface area (Å²) in [6, 6.07) is 0.252. The molecule has 0 amide bonds. The minimum atomic E-state index is 0.107. The van der Waals surface area contributed by atoms with Crippen LogP contribution in [0.1, 0.15) is 37.3 Å². The molecule has 2 heterocycles. The van der Waals surface area contributed by atoms with Crippen molar-refractivity contribution in [2.24, 2.45) is 0 Å². The van der Waals surface area contributed by atoms with Crippen molar-refractivity contribution in [2.45, 2.75) is 32.3 Å². The van der Waals surface area contributed by atoms with Crippen molar-refractivity contribution in [3.8, 4) is 0 Å². The minimum absolute atomic E-state index is 0.107. The quantitative estimate of drug-likeness (QED) is 0.755. The van der Waals surface area contributed by atoms with Crippen LogP contribution in [-0.4, -0.2) is 11.6 Å². The predicted octanol–water partition coefficient (Wildman–Crippen LogP) is 1.67. The van der Waals surface area contributed by atoms with E-state index in [1.807, 2.05) is 6.92 Å². The lowest BCUT2D eigenvalue weighted by atomic mass is 10.1. The summed E-state index contributed by atoms with van der Waals surface area (Å²) in [6.07, 6.45) is 3.05. The second kappa shape index (κ2) is 3.38. The molecule has 0 aliphatic carbocycles. The van der Waals surface area contributed by atoms with Gasteiger partial charge in [-0.2, -0.15) is 4.98 Å². The number of aryl methyl sites for hydroxylation is 1. The van der Waals surface area contributed by atoms with Gasteiger partial charge in [-0.25, -0.2) is 0 Å². The first-order valence-electron chi connectivity index (χ1n) is 4.68. The molecule has 1 unspecified atom stereocenters. The highest BCUT2D eigenvalue weighted by Crippen LogP contribution is 2.31. The van der Waals surface area contributed by atoms with Crippen molar-refractivity contribution < 1.29 is 9.15 Å². The number of hydrogen-bond donors (Lipinski definition) is 1. The molecule has 1 aromatic rings. The number of oxazole rings is 1. The van der Waals surface area contributed by atoms with E-state index in [-0.39, 0.29) is 12.1 Å². The van der Waals surface area contributed by atoms with Gasteiger partial charge in [0.1, 0.15) is 17.6 Å². The summed E-state index contributed by atoms with van der Waals surface area (Å²) in [7, 11) is 0. The Hall–Kier alpha value is -1.03. The maximum atomic E-state index is 5.52. The zero-order chi connectivity index (χ0) is 9.26. The topological polar surface area (TPSA) is 61.3 Å². The van der Waals surface area contributed by atoms with E-state index in [1.165, 1.54) is 0 Å². The number of hydrogen-bond acceptors (Lipinski definition) is 4. The van der Waals surface area contributed by atoms with Gasteiger partial charge in [0.25, 0.3) is 6.01 Å². The lowest BCUT2D eigenvalue weighted by Gasteiger charge is -2.05. The van der Waals surface area contributed by atoms with Gasteiger partial charge in [-0.1, -0.05) is 6.92 Å². The standard InChI is InChI=1S/C9H14N2O2/c1-2-6-8(11-9(10)13-6)7-4-3-5-12-7/h7H,2-5H2,1H3,(H2,10,11). The number of aromatic nitrogens is 1. The van der Waals surface area contributed by atoms with Gasteiger partial charge in [0.05, 0.1) is 0 Å². The van der Waals surface area contributed by atoms with Crippen LogP contribution in [0.5, 0.6) is 0 Å².